The third kappa shape index (κ3) is 5.46. The molecule has 1 heterocycles. The Bertz CT molecular complexity index is 1090. The molecule has 0 fully saturated rings. The van der Waals surface area contributed by atoms with Gasteiger partial charge in [-0.3, -0.25) is 4.90 Å². The van der Waals surface area contributed by atoms with Crippen LogP contribution in [0.5, 0.6) is 23.0 Å². The van der Waals surface area contributed by atoms with Crippen LogP contribution in [-0.4, -0.2) is 46.4 Å². The normalized spacial score (nSPS) is 15.5. The monoisotopic (exact) mass is 463 g/mol. The zero-order valence-corrected chi connectivity index (χ0v) is 20.4. The van der Waals surface area contributed by atoms with Crippen molar-refractivity contribution < 1.29 is 23.7 Å². The third-order valence-corrected chi connectivity index (χ3v) is 6.27. The van der Waals surface area contributed by atoms with Gasteiger partial charge in [0.15, 0.2) is 23.0 Å². The maximum atomic E-state index is 6.44. The standard InChI is InChI=1S/C28H33NO5/c1-30-24-11-10-20(14-25(24)31-2)12-13-29-17-22-15-26(32-3)27(33-4)16-23(22)28(18-29)34-19-21-8-6-5-7-9-21/h5-11,14-16,28H,12-13,17-19H2,1-4H3. The quantitative estimate of drug-likeness (QED) is 0.420. The van der Waals surface area contributed by atoms with Crippen LogP contribution in [-0.2, 0) is 24.3 Å². The van der Waals surface area contributed by atoms with Crippen molar-refractivity contribution in [3.8, 4) is 23.0 Å². The Morgan fingerprint density at radius 3 is 2.12 bits per heavy atom. The molecule has 0 radical (unpaired) electrons. The highest BCUT2D eigenvalue weighted by Gasteiger charge is 2.28. The van der Waals surface area contributed by atoms with Gasteiger partial charge in [-0.25, -0.2) is 0 Å². The molecule has 6 heteroatoms. The van der Waals surface area contributed by atoms with Gasteiger partial charge in [-0.05, 0) is 52.9 Å². The zero-order chi connectivity index (χ0) is 23.9. The summed E-state index contributed by atoms with van der Waals surface area (Å²) >= 11 is 0. The third-order valence-electron chi connectivity index (χ3n) is 6.27. The van der Waals surface area contributed by atoms with E-state index in [0.29, 0.717) is 6.61 Å². The van der Waals surface area contributed by atoms with Crippen molar-refractivity contribution in [3.63, 3.8) is 0 Å². The Balaban J connectivity index is 1.53. The molecule has 0 saturated heterocycles. The van der Waals surface area contributed by atoms with Gasteiger partial charge in [-0.15, -0.1) is 0 Å². The molecule has 34 heavy (non-hydrogen) atoms. The van der Waals surface area contributed by atoms with Crippen LogP contribution >= 0.6 is 0 Å². The summed E-state index contributed by atoms with van der Waals surface area (Å²) in [6.45, 7) is 3.09. The fourth-order valence-electron chi connectivity index (χ4n) is 4.42. The summed E-state index contributed by atoms with van der Waals surface area (Å²) < 4.78 is 28.4. The zero-order valence-electron chi connectivity index (χ0n) is 20.4. The van der Waals surface area contributed by atoms with Crippen LogP contribution in [0, 0.1) is 0 Å². The molecular weight excluding hydrogens is 430 g/mol. The molecule has 0 spiro atoms. The highest BCUT2D eigenvalue weighted by atomic mass is 16.5. The van der Waals surface area contributed by atoms with Gasteiger partial charge in [0.2, 0.25) is 0 Å². The van der Waals surface area contributed by atoms with Gasteiger partial charge in [0.25, 0.3) is 0 Å². The summed E-state index contributed by atoms with van der Waals surface area (Å²) in [6.07, 6.45) is 0.836. The van der Waals surface area contributed by atoms with Gasteiger partial charge < -0.3 is 23.7 Å². The Kier molecular flexibility index (Phi) is 7.93. The summed E-state index contributed by atoms with van der Waals surface area (Å²) in [5, 5.41) is 0. The smallest absolute Gasteiger partial charge is 0.161 e. The van der Waals surface area contributed by atoms with Crippen molar-refractivity contribution in [3.05, 3.63) is 82.9 Å². The first-order valence-electron chi connectivity index (χ1n) is 11.5. The van der Waals surface area contributed by atoms with Crippen LogP contribution in [0.2, 0.25) is 0 Å². The molecule has 0 N–H and O–H groups in total. The summed E-state index contributed by atoms with van der Waals surface area (Å²) in [7, 11) is 6.66. The molecule has 3 aromatic rings. The molecule has 0 aromatic heterocycles. The highest BCUT2D eigenvalue weighted by molar-refractivity contribution is 5.49. The maximum absolute atomic E-state index is 6.44. The Hall–Kier alpha value is -3.22. The van der Waals surface area contributed by atoms with Gasteiger partial charge in [0, 0.05) is 19.6 Å². The highest BCUT2D eigenvalue weighted by Crippen LogP contribution is 2.38. The van der Waals surface area contributed by atoms with E-state index in [9.17, 15) is 0 Å². The molecule has 4 rings (SSSR count). The number of benzene rings is 3. The van der Waals surface area contributed by atoms with Gasteiger partial charge in [0.1, 0.15) is 0 Å². The Morgan fingerprint density at radius 1 is 0.735 bits per heavy atom. The van der Waals surface area contributed by atoms with Crippen molar-refractivity contribution in [2.24, 2.45) is 0 Å². The lowest BCUT2D eigenvalue weighted by molar-refractivity contribution is 0.00236. The molecule has 1 atom stereocenters. The Morgan fingerprint density at radius 2 is 1.41 bits per heavy atom. The van der Waals surface area contributed by atoms with Gasteiger partial charge >= 0.3 is 0 Å². The molecular formula is C28H33NO5. The fourth-order valence-corrected chi connectivity index (χ4v) is 4.42. The number of nitrogens with zero attached hydrogens (tertiary/aromatic N) is 1. The van der Waals surface area contributed by atoms with Crippen LogP contribution in [0.25, 0.3) is 0 Å². The van der Waals surface area contributed by atoms with E-state index in [4.69, 9.17) is 23.7 Å². The van der Waals surface area contributed by atoms with Crippen molar-refractivity contribution in [2.45, 2.75) is 25.7 Å². The number of rotatable bonds is 10. The molecule has 180 valence electrons. The van der Waals surface area contributed by atoms with E-state index >= 15 is 0 Å². The van der Waals surface area contributed by atoms with Crippen LogP contribution in [0.4, 0.5) is 0 Å². The molecule has 1 unspecified atom stereocenters. The molecule has 0 saturated carbocycles. The second-order valence-electron chi connectivity index (χ2n) is 8.37. The summed E-state index contributed by atoms with van der Waals surface area (Å²) in [5.41, 5.74) is 4.73. The number of methoxy groups -OCH3 is 4. The average molecular weight is 464 g/mol. The van der Waals surface area contributed by atoms with Crippen LogP contribution in [0.3, 0.4) is 0 Å². The first-order chi connectivity index (χ1) is 16.6. The van der Waals surface area contributed by atoms with E-state index in [0.717, 1.165) is 60.2 Å². The van der Waals surface area contributed by atoms with Crippen LogP contribution < -0.4 is 18.9 Å². The summed E-state index contributed by atoms with van der Waals surface area (Å²) in [5.74, 6) is 2.97. The summed E-state index contributed by atoms with van der Waals surface area (Å²) in [4.78, 5) is 2.43. The number of hydrogen-bond donors (Lipinski definition) is 0. The molecule has 3 aromatic carbocycles. The fraction of sp³-hybridized carbons (Fsp3) is 0.357. The lowest BCUT2D eigenvalue weighted by Crippen LogP contribution is -2.36. The number of ether oxygens (including phenoxy) is 5. The minimum absolute atomic E-state index is 0.0610. The topological polar surface area (TPSA) is 49.4 Å². The van der Waals surface area contributed by atoms with Crippen LogP contribution in [0.15, 0.2) is 60.7 Å². The largest absolute Gasteiger partial charge is 0.493 e. The first kappa shape index (κ1) is 23.9. The molecule has 1 aliphatic rings. The lowest BCUT2D eigenvalue weighted by Gasteiger charge is -2.35. The lowest BCUT2D eigenvalue weighted by atomic mass is 9.95. The first-order valence-corrected chi connectivity index (χ1v) is 11.5. The van der Waals surface area contributed by atoms with Crippen molar-refractivity contribution in [1.29, 1.82) is 0 Å². The van der Waals surface area contributed by atoms with E-state index in [1.54, 1.807) is 28.4 Å². The van der Waals surface area contributed by atoms with Gasteiger partial charge in [-0.2, -0.15) is 0 Å². The molecule has 0 bridgehead atoms. The Labute approximate surface area is 202 Å². The minimum atomic E-state index is -0.0610. The maximum Gasteiger partial charge on any atom is 0.161 e. The molecule has 0 amide bonds. The van der Waals surface area contributed by atoms with Crippen LogP contribution in [0.1, 0.15) is 28.4 Å². The SMILES string of the molecule is COc1ccc(CCN2Cc3cc(OC)c(OC)cc3C(OCc3ccccc3)C2)cc1OC. The second kappa shape index (κ2) is 11.3. The van der Waals surface area contributed by atoms with E-state index in [1.807, 2.05) is 30.3 Å². The van der Waals surface area contributed by atoms with E-state index < -0.39 is 0 Å². The van der Waals surface area contributed by atoms with E-state index in [1.165, 1.54) is 11.1 Å². The van der Waals surface area contributed by atoms with Crippen molar-refractivity contribution >= 4 is 0 Å². The minimum Gasteiger partial charge on any atom is -0.493 e. The van der Waals surface area contributed by atoms with Gasteiger partial charge in [-0.1, -0.05) is 36.4 Å². The molecule has 0 aliphatic carbocycles. The van der Waals surface area contributed by atoms with E-state index in [2.05, 4.69) is 35.2 Å². The molecule has 1 aliphatic heterocycles. The number of hydrogen-bond acceptors (Lipinski definition) is 6. The van der Waals surface area contributed by atoms with E-state index in [-0.39, 0.29) is 6.10 Å². The molecule has 6 nitrogen and oxygen atoms in total. The second-order valence-corrected chi connectivity index (χ2v) is 8.37. The number of fused-ring (bicyclic) bond motifs is 1. The van der Waals surface area contributed by atoms with Crippen molar-refractivity contribution in [2.75, 3.05) is 41.5 Å². The predicted octanol–water partition coefficient (Wildman–Crippen LogP) is 5.04. The van der Waals surface area contributed by atoms with Crippen molar-refractivity contribution in [1.82, 2.24) is 4.90 Å². The van der Waals surface area contributed by atoms with Gasteiger partial charge in [0.05, 0.1) is 41.2 Å². The summed E-state index contributed by atoms with van der Waals surface area (Å²) in [6, 6.07) is 20.5. The predicted molar refractivity (Wildman–Crippen MR) is 132 cm³/mol. The average Bonchev–Trinajstić information content (AvgIpc) is 2.90.